The number of alkyl halides is 2. The van der Waals surface area contributed by atoms with Gasteiger partial charge in [0.1, 0.15) is 18.0 Å². The number of hydrogen-bond acceptors (Lipinski definition) is 5. The lowest BCUT2D eigenvalue weighted by Crippen LogP contribution is -2.76. The largest absolute Gasteiger partial charge is 0.377 e. The highest BCUT2D eigenvalue weighted by Gasteiger charge is 2.82. The number of aliphatic hydroxyl groups is 1. The van der Waals surface area contributed by atoms with Crippen molar-refractivity contribution in [2.24, 2.45) is 5.41 Å². The van der Waals surface area contributed by atoms with Crippen molar-refractivity contribution in [2.75, 3.05) is 0 Å². The molecule has 2 aromatic carbocycles. The zero-order valence-electron chi connectivity index (χ0n) is 16.6. The van der Waals surface area contributed by atoms with Crippen molar-refractivity contribution >= 4 is 0 Å². The summed E-state index contributed by atoms with van der Waals surface area (Å²) in [7, 11) is 0. The van der Waals surface area contributed by atoms with Crippen LogP contribution in [0.15, 0.2) is 48.8 Å². The minimum atomic E-state index is -3.76. The fourth-order valence-electron chi connectivity index (χ4n) is 5.43. The lowest BCUT2D eigenvalue weighted by Gasteiger charge is -2.74. The molecule has 1 heterocycles. The van der Waals surface area contributed by atoms with Crippen LogP contribution < -0.4 is 0 Å². The number of nitriles is 1. The molecule has 2 bridgehead atoms. The summed E-state index contributed by atoms with van der Waals surface area (Å²) in [6, 6.07) is 11.0. The Hall–Kier alpha value is -3.32. The van der Waals surface area contributed by atoms with E-state index in [0.29, 0.717) is 11.6 Å². The van der Waals surface area contributed by atoms with E-state index in [-0.39, 0.29) is 19.3 Å². The third-order valence-corrected chi connectivity index (χ3v) is 7.00. The Morgan fingerprint density at radius 3 is 2.34 bits per heavy atom. The molecule has 0 radical (unpaired) electrons. The van der Waals surface area contributed by atoms with Gasteiger partial charge in [0.25, 0.3) is 5.92 Å². The van der Waals surface area contributed by atoms with Crippen LogP contribution in [-0.2, 0) is 17.6 Å². The molecule has 32 heavy (non-hydrogen) atoms. The molecule has 0 aliphatic heterocycles. The summed E-state index contributed by atoms with van der Waals surface area (Å²) >= 11 is 0. The first-order valence-corrected chi connectivity index (χ1v) is 9.92. The van der Waals surface area contributed by atoms with Gasteiger partial charge < -0.3 is 5.11 Å². The van der Waals surface area contributed by atoms with Gasteiger partial charge in [0.15, 0.2) is 5.60 Å². The highest BCUT2D eigenvalue weighted by atomic mass is 19.3. The second kappa shape index (κ2) is 6.59. The molecule has 6 nitrogen and oxygen atoms in total. The fourth-order valence-corrected chi connectivity index (χ4v) is 5.43. The second-order valence-electron chi connectivity index (χ2n) is 8.85. The maximum absolute atomic E-state index is 16.1. The molecule has 164 valence electrons. The Morgan fingerprint density at radius 1 is 1.09 bits per heavy atom. The molecule has 1 N–H and O–H groups in total. The number of aromatic nitrogens is 4. The molecule has 3 aliphatic carbocycles. The van der Waals surface area contributed by atoms with Gasteiger partial charge in [0.2, 0.25) is 0 Å². The van der Waals surface area contributed by atoms with Crippen molar-refractivity contribution in [3.8, 4) is 6.07 Å². The molecule has 3 aliphatic rings. The molecule has 6 rings (SSSR count). The van der Waals surface area contributed by atoms with E-state index in [2.05, 4.69) is 15.5 Å². The van der Waals surface area contributed by atoms with Crippen LogP contribution in [0, 0.1) is 28.4 Å². The number of halogens is 4. The molecule has 1 aromatic heterocycles. The molecule has 10 heteroatoms. The van der Waals surface area contributed by atoms with Crippen LogP contribution >= 0.6 is 0 Å². The average Bonchev–Trinajstić information content (AvgIpc) is 3.18. The van der Waals surface area contributed by atoms with Crippen molar-refractivity contribution in [1.82, 2.24) is 20.2 Å². The van der Waals surface area contributed by atoms with E-state index in [1.165, 1.54) is 0 Å². The van der Waals surface area contributed by atoms with Crippen molar-refractivity contribution in [2.45, 2.75) is 42.7 Å². The Morgan fingerprint density at radius 2 is 1.78 bits per heavy atom. The number of rotatable bonds is 6. The second-order valence-corrected chi connectivity index (χ2v) is 8.85. The maximum atomic E-state index is 16.1. The highest BCUT2D eigenvalue weighted by molar-refractivity contribution is 5.45. The van der Waals surface area contributed by atoms with Crippen molar-refractivity contribution < 1.29 is 22.7 Å². The molecule has 3 aromatic rings. The predicted octanol–water partition coefficient (Wildman–Crippen LogP) is 3.47. The van der Waals surface area contributed by atoms with Gasteiger partial charge in [-0.15, -0.1) is 5.10 Å². The molecule has 0 unspecified atom stereocenters. The van der Waals surface area contributed by atoms with Gasteiger partial charge in [-0.2, -0.15) is 5.26 Å². The fraction of sp³-hybridized carbons (Fsp3) is 0.364. The molecule has 3 fully saturated rings. The van der Waals surface area contributed by atoms with Gasteiger partial charge in [-0.25, -0.2) is 22.2 Å². The summed E-state index contributed by atoms with van der Waals surface area (Å²) in [6.45, 7) is -0.804. The van der Waals surface area contributed by atoms with Crippen molar-refractivity contribution in [1.29, 1.82) is 5.26 Å². The molecule has 3 saturated carbocycles. The van der Waals surface area contributed by atoms with Crippen LogP contribution in [0.2, 0.25) is 0 Å². The van der Waals surface area contributed by atoms with E-state index in [0.717, 1.165) is 28.7 Å². The molecule has 0 saturated heterocycles. The number of tetrazole rings is 1. The zero-order chi connectivity index (χ0) is 22.8. The van der Waals surface area contributed by atoms with Gasteiger partial charge in [0, 0.05) is 17.0 Å². The Balaban J connectivity index is 1.50. The SMILES string of the molecule is N#Cc1ccc(C23CC(C(F)(F)[C@@](O)(Cn4cnnn4)c4ccc(F)cc4F)(C2)C3)cc1. The average molecular weight is 443 g/mol. The number of benzene rings is 2. The molecular formula is C22H17F4N5O. The van der Waals surface area contributed by atoms with E-state index < -0.39 is 46.1 Å². The normalized spacial score (nSPS) is 25.9. The third kappa shape index (κ3) is 2.64. The predicted molar refractivity (Wildman–Crippen MR) is 102 cm³/mol. The van der Waals surface area contributed by atoms with Crippen molar-refractivity contribution in [3.05, 3.63) is 77.1 Å². The topological polar surface area (TPSA) is 87.6 Å². The van der Waals surface area contributed by atoms with E-state index >= 15 is 8.78 Å². The van der Waals surface area contributed by atoms with Gasteiger partial charge in [-0.3, -0.25) is 0 Å². The van der Waals surface area contributed by atoms with Crippen LogP contribution in [0.1, 0.15) is 36.0 Å². The van der Waals surface area contributed by atoms with Crippen LogP contribution in [0.3, 0.4) is 0 Å². The lowest BCUT2D eigenvalue weighted by atomic mass is 9.30. The first-order valence-electron chi connectivity index (χ1n) is 9.92. The van der Waals surface area contributed by atoms with Gasteiger partial charge in [-0.1, -0.05) is 12.1 Å². The van der Waals surface area contributed by atoms with E-state index in [4.69, 9.17) is 5.26 Å². The molecule has 0 amide bonds. The summed E-state index contributed by atoms with van der Waals surface area (Å²) in [4.78, 5) is 0. The summed E-state index contributed by atoms with van der Waals surface area (Å²) in [5.74, 6) is -5.97. The highest BCUT2D eigenvalue weighted by Crippen LogP contribution is 2.80. The van der Waals surface area contributed by atoms with Crippen LogP contribution in [0.4, 0.5) is 17.6 Å². The minimum Gasteiger partial charge on any atom is -0.377 e. The lowest BCUT2D eigenvalue weighted by molar-refractivity contribution is -0.347. The van der Waals surface area contributed by atoms with E-state index in [1.54, 1.807) is 24.3 Å². The Kier molecular flexibility index (Phi) is 4.24. The smallest absolute Gasteiger partial charge is 0.287 e. The first kappa shape index (κ1) is 20.6. The third-order valence-electron chi connectivity index (χ3n) is 7.00. The van der Waals surface area contributed by atoms with Gasteiger partial charge in [0.05, 0.1) is 18.2 Å². The monoisotopic (exact) mass is 443 g/mol. The summed E-state index contributed by atoms with van der Waals surface area (Å²) in [5.41, 5.74) is -4.40. The molecule has 1 atom stereocenters. The quantitative estimate of drug-likeness (QED) is 0.590. The molecule has 0 spiro atoms. The van der Waals surface area contributed by atoms with E-state index in [9.17, 15) is 13.9 Å². The zero-order valence-corrected chi connectivity index (χ0v) is 16.6. The maximum Gasteiger partial charge on any atom is 0.287 e. The first-order chi connectivity index (χ1) is 15.1. The van der Waals surface area contributed by atoms with Crippen molar-refractivity contribution in [3.63, 3.8) is 0 Å². The van der Waals surface area contributed by atoms with E-state index in [1.807, 2.05) is 6.07 Å². The summed E-state index contributed by atoms with van der Waals surface area (Å²) in [5, 5.41) is 30.6. The van der Waals surface area contributed by atoms with Gasteiger partial charge in [-0.05, 0) is 64.9 Å². The van der Waals surface area contributed by atoms with Crippen LogP contribution in [0.25, 0.3) is 0 Å². The minimum absolute atomic E-state index is 0.0969. The molecular weight excluding hydrogens is 426 g/mol. The summed E-state index contributed by atoms with van der Waals surface area (Å²) in [6.07, 6.45) is 1.33. The van der Waals surface area contributed by atoms with Gasteiger partial charge >= 0.3 is 0 Å². The Bertz CT molecular complexity index is 1200. The number of hydrogen-bond donors (Lipinski definition) is 1. The standard InChI is InChI=1S/C22H17F4N5O/c23-16-5-6-17(18(24)7-16)21(32,12-31-13-28-29-30-31)22(25,26)20-9-19(10-20,11-20)15-3-1-14(8-27)2-4-15/h1-7,13,32H,9-12H2/t19?,20?,21-/m1/s1. The Labute approximate surface area is 180 Å². The summed E-state index contributed by atoms with van der Waals surface area (Å²) < 4.78 is 61.1. The number of nitrogens with zero attached hydrogens (tertiary/aromatic N) is 5. The van der Waals surface area contributed by atoms with Crippen LogP contribution in [-0.4, -0.2) is 31.2 Å². The van der Waals surface area contributed by atoms with Crippen LogP contribution in [0.5, 0.6) is 0 Å².